The minimum absolute atomic E-state index is 0.789. The van der Waals surface area contributed by atoms with Crippen LogP contribution < -0.4 is 4.74 Å². The highest BCUT2D eigenvalue weighted by molar-refractivity contribution is 9.08. The number of alkyl halides is 1. The predicted octanol–water partition coefficient (Wildman–Crippen LogP) is 2.39. The Morgan fingerprint density at radius 2 is 2.50 bits per heavy atom. The van der Waals surface area contributed by atoms with Crippen LogP contribution in [0, 0.1) is 6.07 Å². The van der Waals surface area contributed by atoms with E-state index in [1.54, 1.807) is 7.11 Å². The fraction of sp³-hybridized carbons (Fsp3) is 0.250. The molecule has 0 saturated carbocycles. The molecule has 1 aromatic rings. The van der Waals surface area contributed by atoms with E-state index in [9.17, 15) is 0 Å². The van der Waals surface area contributed by atoms with Crippen molar-refractivity contribution in [3.8, 4) is 5.75 Å². The molecule has 0 atom stereocenters. The lowest BCUT2D eigenvalue weighted by molar-refractivity contribution is 0.411. The molecule has 0 aromatic heterocycles. The first-order valence-corrected chi connectivity index (χ1v) is 4.10. The first-order chi connectivity index (χ1) is 4.88. The van der Waals surface area contributed by atoms with Crippen LogP contribution in [-0.4, -0.2) is 7.11 Å². The average molecular weight is 200 g/mol. The lowest BCUT2D eigenvalue weighted by atomic mass is 10.2. The Morgan fingerprint density at radius 1 is 1.70 bits per heavy atom. The summed E-state index contributed by atoms with van der Waals surface area (Å²) >= 11 is 3.34. The van der Waals surface area contributed by atoms with Crippen molar-refractivity contribution in [2.24, 2.45) is 0 Å². The Bertz CT molecular complexity index is 187. The second kappa shape index (κ2) is 3.62. The minimum atomic E-state index is 0.789. The molecule has 0 N–H and O–H groups in total. The Kier molecular flexibility index (Phi) is 2.75. The van der Waals surface area contributed by atoms with Crippen LogP contribution in [0.5, 0.6) is 5.75 Å². The summed E-state index contributed by atoms with van der Waals surface area (Å²) < 4.78 is 5.07. The fourth-order valence-corrected chi connectivity index (χ4v) is 1.19. The van der Waals surface area contributed by atoms with Gasteiger partial charge in [-0.25, -0.2) is 0 Å². The molecule has 0 fully saturated rings. The smallest absolute Gasteiger partial charge is 0.123 e. The summed E-state index contributed by atoms with van der Waals surface area (Å²) in [6, 6.07) is 8.77. The SMILES string of the molecule is COc1ccc[c]c1CBr. The van der Waals surface area contributed by atoms with Crippen molar-refractivity contribution in [3.63, 3.8) is 0 Å². The zero-order chi connectivity index (χ0) is 7.40. The highest BCUT2D eigenvalue weighted by Crippen LogP contribution is 2.18. The van der Waals surface area contributed by atoms with E-state index in [4.69, 9.17) is 4.74 Å². The molecule has 0 heterocycles. The highest BCUT2D eigenvalue weighted by Gasteiger charge is 1.97. The highest BCUT2D eigenvalue weighted by atomic mass is 79.9. The van der Waals surface area contributed by atoms with Gasteiger partial charge >= 0.3 is 0 Å². The summed E-state index contributed by atoms with van der Waals surface area (Å²) in [4.78, 5) is 0. The molecule has 2 heteroatoms. The van der Waals surface area contributed by atoms with E-state index in [0.29, 0.717) is 0 Å². The summed E-state index contributed by atoms with van der Waals surface area (Å²) in [7, 11) is 1.66. The van der Waals surface area contributed by atoms with E-state index >= 15 is 0 Å². The summed E-state index contributed by atoms with van der Waals surface area (Å²) in [6.07, 6.45) is 0. The van der Waals surface area contributed by atoms with Crippen molar-refractivity contribution in [2.75, 3.05) is 7.11 Å². The third-order valence-corrected chi connectivity index (χ3v) is 1.81. The molecule has 1 rings (SSSR count). The molecule has 1 radical (unpaired) electrons. The Morgan fingerprint density at radius 3 is 3.00 bits per heavy atom. The molecule has 0 spiro atoms. The van der Waals surface area contributed by atoms with Gasteiger partial charge in [-0.15, -0.1) is 0 Å². The second-order valence-corrected chi connectivity index (χ2v) is 2.41. The van der Waals surface area contributed by atoms with Crippen molar-refractivity contribution >= 4 is 15.9 Å². The molecule has 53 valence electrons. The van der Waals surface area contributed by atoms with Gasteiger partial charge in [-0.3, -0.25) is 0 Å². The van der Waals surface area contributed by atoms with Crippen LogP contribution in [0.25, 0.3) is 0 Å². The molecule has 10 heavy (non-hydrogen) atoms. The van der Waals surface area contributed by atoms with E-state index in [2.05, 4.69) is 22.0 Å². The van der Waals surface area contributed by atoms with Crippen LogP contribution in [0.2, 0.25) is 0 Å². The fourth-order valence-electron chi connectivity index (χ4n) is 0.752. The van der Waals surface area contributed by atoms with E-state index in [1.807, 2.05) is 18.2 Å². The number of hydrogen-bond donors (Lipinski definition) is 0. The van der Waals surface area contributed by atoms with Gasteiger partial charge in [0.25, 0.3) is 0 Å². The molecule has 0 bridgehead atoms. The van der Waals surface area contributed by atoms with Crippen LogP contribution in [0.1, 0.15) is 5.56 Å². The number of halogens is 1. The second-order valence-electron chi connectivity index (χ2n) is 1.85. The molecule has 0 amide bonds. The standard InChI is InChI=1S/C8H8BrO/c1-10-8-5-3-2-4-7(8)6-9/h2-3,5H,6H2,1H3. The molecule has 0 saturated heterocycles. The molecule has 0 aliphatic heterocycles. The molecule has 0 unspecified atom stereocenters. The van der Waals surface area contributed by atoms with Crippen molar-refractivity contribution in [3.05, 3.63) is 29.8 Å². The van der Waals surface area contributed by atoms with Crippen molar-refractivity contribution in [1.82, 2.24) is 0 Å². The topological polar surface area (TPSA) is 9.23 Å². The summed E-state index contributed by atoms with van der Waals surface area (Å²) in [6.45, 7) is 0. The van der Waals surface area contributed by atoms with E-state index < -0.39 is 0 Å². The van der Waals surface area contributed by atoms with Crippen LogP contribution >= 0.6 is 15.9 Å². The van der Waals surface area contributed by atoms with Crippen molar-refractivity contribution in [1.29, 1.82) is 0 Å². The van der Waals surface area contributed by atoms with Gasteiger partial charge in [-0.2, -0.15) is 0 Å². The first kappa shape index (κ1) is 7.61. The molecule has 0 aliphatic carbocycles. The predicted molar refractivity (Wildman–Crippen MR) is 44.5 cm³/mol. The van der Waals surface area contributed by atoms with Gasteiger partial charge < -0.3 is 4.74 Å². The van der Waals surface area contributed by atoms with Crippen molar-refractivity contribution in [2.45, 2.75) is 5.33 Å². The van der Waals surface area contributed by atoms with Gasteiger partial charge in [0.15, 0.2) is 0 Å². The first-order valence-electron chi connectivity index (χ1n) is 2.98. The lowest BCUT2D eigenvalue weighted by Crippen LogP contribution is -1.87. The average Bonchev–Trinajstić information content (AvgIpc) is 2.04. The lowest BCUT2D eigenvalue weighted by Gasteiger charge is -2.02. The van der Waals surface area contributed by atoms with Crippen LogP contribution in [-0.2, 0) is 5.33 Å². The Balaban J connectivity index is 2.96. The maximum absolute atomic E-state index is 5.07. The maximum atomic E-state index is 5.07. The molecular weight excluding hydrogens is 192 g/mol. The Labute approximate surface area is 69.1 Å². The van der Waals surface area contributed by atoms with E-state index in [1.165, 1.54) is 0 Å². The van der Waals surface area contributed by atoms with Gasteiger partial charge in [-0.1, -0.05) is 28.1 Å². The van der Waals surface area contributed by atoms with Gasteiger partial charge in [0.1, 0.15) is 5.75 Å². The molecule has 1 nitrogen and oxygen atoms in total. The van der Waals surface area contributed by atoms with Crippen LogP contribution in [0.3, 0.4) is 0 Å². The van der Waals surface area contributed by atoms with Gasteiger partial charge in [0, 0.05) is 10.9 Å². The number of benzene rings is 1. The van der Waals surface area contributed by atoms with Crippen LogP contribution in [0.15, 0.2) is 18.2 Å². The number of hydrogen-bond acceptors (Lipinski definition) is 1. The quantitative estimate of drug-likeness (QED) is 0.666. The third-order valence-electron chi connectivity index (χ3n) is 1.25. The largest absolute Gasteiger partial charge is 0.496 e. The maximum Gasteiger partial charge on any atom is 0.123 e. The van der Waals surface area contributed by atoms with E-state index in [0.717, 1.165) is 16.6 Å². The van der Waals surface area contributed by atoms with Gasteiger partial charge in [0.2, 0.25) is 0 Å². The normalized spacial score (nSPS) is 9.40. The monoisotopic (exact) mass is 199 g/mol. The summed E-state index contributed by atoms with van der Waals surface area (Å²) in [5.74, 6) is 0.888. The third kappa shape index (κ3) is 1.51. The Hall–Kier alpha value is -0.500. The van der Waals surface area contributed by atoms with Crippen LogP contribution in [0.4, 0.5) is 0 Å². The molecule has 1 aromatic carbocycles. The summed E-state index contributed by atoms with van der Waals surface area (Å²) in [5, 5.41) is 0.789. The number of ether oxygens (including phenoxy) is 1. The van der Waals surface area contributed by atoms with Crippen molar-refractivity contribution < 1.29 is 4.74 Å². The molecular formula is C8H8BrO. The minimum Gasteiger partial charge on any atom is -0.496 e. The summed E-state index contributed by atoms with van der Waals surface area (Å²) in [5.41, 5.74) is 1.06. The zero-order valence-electron chi connectivity index (χ0n) is 5.73. The van der Waals surface area contributed by atoms with Gasteiger partial charge in [-0.05, 0) is 12.1 Å². The number of methoxy groups -OCH3 is 1. The zero-order valence-corrected chi connectivity index (χ0v) is 7.31. The van der Waals surface area contributed by atoms with E-state index in [-0.39, 0.29) is 0 Å². The van der Waals surface area contributed by atoms with Gasteiger partial charge in [0.05, 0.1) is 7.11 Å². The number of rotatable bonds is 2. The molecule has 0 aliphatic rings.